The van der Waals surface area contributed by atoms with Gasteiger partial charge in [-0.3, -0.25) is 9.69 Å². The number of nitrogens with zero attached hydrogens (tertiary/aromatic N) is 2. The number of nitrogens with two attached hydrogens (primary N) is 1. The van der Waals surface area contributed by atoms with Crippen LogP contribution in [0.25, 0.3) is 0 Å². The van der Waals surface area contributed by atoms with E-state index in [4.69, 9.17) is 5.73 Å². The highest BCUT2D eigenvalue weighted by atomic mass is 16.2. The largest absolute Gasteiger partial charge is 0.340 e. The second-order valence-electron chi connectivity index (χ2n) is 6.78. The highest BCUT2D eigenvalue weighted by Gasteiger charge is 2.27. The summed E-state index contributed by atoms with van der Waals surface area (Å²) in [5.41, 5.74) is 5.84. The van der Waals surface area contributed by atoms with Crippen molar-refractivity contribution in [2.75, 3.05) is 32.7 Å². The molecule has 20 heavy (non-hydrogen) atoms. The lowest BCUT2D eigenvalue weighted by molar-refractivity contribution is -0.137. The standard InChI is InChI=1S/C16H31N3O/c1-13(14(2)17)16(20)19-10-8-18(9-11-19)12-15-6-4-3-5-7-15/h13-15H,3-12,17H2,1-2H3. The van der Waals surface area contributed by atoms with E-state index in [2.05, 4.69) is 4.90 Å². The molecule has 2 N–H and O–H groups in total. The molecule has 0 radical (unpaired) electrons. The molecular weight excluding hydrogens is 250 g/mol. The summed E-state index contributed by atoms with van der Waals surface area (Å²) < 4.78 is 0. The van der Waals surface area contributed by atoms with Crippen molar-refractivity contribution in [3.8, 4) is 0 Å². The van der Waals surface area contributed by atoms with E-state index >= 15 is 0 Å². The Bertz CT molecular complexity index is 305. The maximum Gasteiger partial charge on any atom is 0.227 e. The second kappa shape index (κ2) is 7.41. The zero-order valence-corrected chi connectivity index (χ0v) is 13.2. The number of rotatable bonds is 4. The molecule has 0 aromatic heterocycles. The van der Waals surface area contributed by atoms with Gasteiger partial charge in [-0.15, -0.1) is 0 Å². The molecule has 1 saturated heterocycles. The third kappa shape index (κ3) is 4.19. The number of carbonyl (C=O) groups excluding carboxylic acids is 1. The monoisotopic (exact) mass is 281 g/mol. The van der Waals surface area contributed by atoms with E-state index in [0.29, 0.717) is 0 Å². The zero-order valence-electron chi connectivity index (χ0n) is 13.2. The van der Waals surface area contributed by atoms with Crippen molar-refractivity contribution >= 4 is 5.91 Å². The van der Waals surface area contributed by atoms with Gasteiger partial charge in [-0.05, 0) is 25.7 Å². The second-order valence-corrected chi connectivity index (χ2v) is 6.78. The Balaban J connectivity index is 1.73. The van der Waals surface area contributed by atoms with Crippen LogP contribution in [0.4, 0.5) is 0 Å². The van der Waals surface area contributed by atoms with Crippen molar-refractivity contribution in [2.24, 2.45) is 17.6 Å². The molecule has 1 aliphatic heterocycles. The van der Waals surface area contributed by atoms with Crippen LogP contribution in [0.2, 0.25) is 0 Å². The number of amides is 1. The third-order valence-corrected chi connectivity index (χ3v) is 5.10. The Morgan fingerprint density at radius 2 is 1.70 bits per heavy atom. The summed E-state index contributed by atoms with van der Waals surface area (Å²) in [5.74, 6) is 1.08. The summed E-state index contributed by atoms with van der Waals surface area (Å²) in [5, 5.41) is 0. The van der Waals surface area contributed by atoms with E-state index in [9.17, 15) is 4.79 Å². The first kappa shape index (κ1) is 15.8. The first-order valence-electron chi connectivity index (χ1n) is 8.34. The molecule has 0 aromatic rings. The average molecular weight is 281 g/mol. The van der Waals surface area contributed by atoms with Gasteiger partial charge in [0.05, 0.1) is 5.92 Å². The number of hydrogen-bond donors (Lipinski definition) is 1. The molecule has 2 unspecified atom stereocenters. The lowest BCUT2D eigenvalue weighted by Crippen LogP contribution is -2.52. The normalized spacial score (nSPS) is 25.4. The van der Waals surface area contributed by atoms with Crippen LogP contribution in [0, 0.1) is 11.8 Å². The maximum atomic E-state index is 12.3. The van der Waals surface area contributed by atoms with E-state index in [0.717, 1.165) is 32.1 Å². The smallest absolute Gasteiger partial charge is 0.227 e. The average Bonchev–Trinajstić information content (AvgIpc) is 2.47. The summed E-state index contributed by atoms with van der Waals surface area (Å²) in [4.78, 5) is 16.8. The molecule has 116 valence electrons. The van der Waals surface area contributed by atoms with E-state index in [1.165, 1.54) is 38.6 Å². The molecule has 0 bridgehead atoms. The predicted molar refractivity (Wildman–Crippen MR) is 82.4 cm³/mol. The molecule has 2 atom stereocenters. The van der Waals surface area contributed by atoms with Crippen LogP contribution < -0.4 is 5.73 Å². The van der Waals surface area contributed by atoms with Gasteiger partial charge in [-0.1, -0.05) is 26.2 Å². The Hall–Kier alpha value is -0.610. The van der Waals surface area contributed by atoms with Crippen molar-refractivity contribution in [1.29, 1.82) is 0 Å². The summed E-state index contributed by atoms with van der Waals surface area (Å²) in [6.07, 6.45) is 7.06. The Labute approximate surface area is 123 Å². The first-order chi connectivity index (χ1) is 9.58. The first-order valence-corrected chi connectivity index (χ1v) is 8.34. The van der Waals surface area contributed by atoms with Gasteiger partial charge in [0, 0.05) is 38.8 Å². The highest BCUT2D eigenvalue weighted by molar-refractivity contribution is 5.79. The van der Waals surface area contributed by atoms with Crippen LogP contribution in [0.1, 0.15) is 46.0 Å². The highest BCUT2D eigenvalue weighted by Crippen LogP contribution is 2.24. The summed E-state index contributed by atoms with van der Waals surface area (Å²) in [7, 11) is 0. The molecule has 0 aromatic carbocycles. The van der Waals surface area contributed by atoms with Crippen molar-refractivity contribution < 1.29 is 4.79 Å². The summed E-state index contributed by atoms with van der Waals surface area (Å²) in [6.45, 7) is 8.93. The maximum absolute atomic E-state index is 12.3. The minimum absolute atomic E-state index is 0.0530. The minimum Gasteiger partial charge on any atom is -0.340 e. The van der Waals surface area contributed by atoms with E-state index in [1.807, 2.05) is 18.7 Å². The molecule has 1 saturated carbocycles. The van der Waals surface area contributed by atoms with Crippen LogP contribution >= 0.6 is 0 Å². The van der Waals surface area contributed by atoms with Crippen LogP contribution in [0.5, 0.6) is 0 Å². The minimum atomic E-state index is -0.0557. The zero-order chi connectivity index (χ0) is 14.5. The van der Waals surface area contributed by atoms with Gasteiger partial charge in [-0.2, -0.15) is 0 Å². The SMILES string of the molecule is CC(N)C(C)C(=O)N1CCN(CC2CCCCC2)CC1. The number of hydrogen-bond acceptors (Lipinski definition) is 3. The van der Waals surface area contributed by atoms with E-state index < -0.39 is 0 Å². The fraction of sp³-hybridized carbons (Fsp3) is 0.938. The molecular formula is C16H31N3O. The Morgan fingerprint density at radius 1 is 1.10 bits per heavy atom. The van der Waals surface area contributed by atoms with E-state index in [1.54, 1.807) is 0 Å². The van der Waals surface area contributed by atoms with Gasteiger partial charge in [0.15, 0.2) is 0 Å². The fourth-order valence-electron chi connectivity index (χ4n) is 3.40. The predicted octanol–water partition coefficient (Wildman–Crippen LogP) is 1.69. The van der Waals surface area contributed by atoms with Crippen LogP contribution in [0.15, 0.2) is 0 Å². The molecule has 1 amide bonds. The fourth-order valence-corrected chi connectivity index (χ4v) is 3.40. The molecule has 4 nitrogen and oxygen atoms in total. The van der Waals surface area contributed by atoms with Gasteiger partial charge < -0.3 is 10.6 Å². The van der Waals surface area contributed by atoms with Crippen molar-refractivity contribution in [3.63, 3.8) is 0 Å². The van der Waals surface area contributed by atoms with Gasteiger partial charge in [0.2, 0.25) is 5.91 Å². The van der Waals surface area contributed by atoms with Crippen molar-refractivity contribution in [3.05, 3.63) is 0 Å². The molecule has 0 spiro atoms. The third-order valence-electron chi connectivity index (χ3n) is 5.10. The van der Waals surface area contributed by atoms with Crippen molar-refractivity contribution in [2.45, 2.75) is 52.0 Å². The van der Waals surface area contributed by atoms with Gasteiger partial charge >= 0.3 is 0 Å². The number of carbonyl (C=O) groups is 1. The van der Waals surface area contributed by atoms with Crippen LogP contribution in [0.3, 0.4) is 0 Å². The lowest BCUT2D eigenvalue weighted by Gasteiger charge is -2.38. The van der Waals surface area contributed by atoms with Crippen molar-refractivity contribution in [1.82, 2.24) is 9.80 Å². The van der Waals surface area contributed by atoms with E-state index in [-0.39, 0.29) is 17.9 Å². The molecule has 2 aliphatic rings. The summed E-state index contributed by atoms with van der Waals surface area (Å²) >= 11 is 0. The molecule has 2 fully saturated rings. The van der Waals surface area contributed by atoms with Crippen LogP contribution in [-0.4, -0.2) is 54.5 Å². The van der Waals surface area contributed by atoms with Gasteiger partial charge in [-0.25, -0.2) is 0 Å². The topological polar surface area (TPSA) is 49.6 Å². The quantitative estimate of drug-likeness (QED) is 0.853. The molecule has 1 heterocycles. The molecule has 4 heteroatoms. The van der Waals surface area contributed by atoms with Gasteiger partial charge in [0.25, 0.3) is 0 Å². The summed E-state index contributed by atoms with van der Waals surface area (Å²) in [6, 6.07) is -0.0530. The lowest BCUT2D eigenvalue weighted by atomic mass is 9.89. The van der Waals surface area contributed by atoms with Crippen LogP contribution in [-0.2, 0) is 4.79 Å². The Kier molecular flexibility index (Phi) is 5.85. The number of piperazine rings is 1. The molecule has 1 aliphatic carbocycles. The Morgan fingerprint density at radius 3 is 2.25 bits per heavy atom. The molecule has 2 rings (SSSR count). The van der Waals surface area contributed by atoms with Gasteiger partial charge in [0.1, 0.15) is 0 Å².